The zero-order valence-corrected chi connectivity index (χ0v) is 12.4. The van der Waals surface area contributed by atoms with Crippen LogP contribution in [0.4, 0.5) is 0 Å². The lowest BCUT2D eigenvalue weighted by molar-refractivity contribution is 0.0956. The van der Waals surface area contributed by atoms with Crippen LogP contribution in [0.1, 0.15) is 9.67 Å². The average Bonchev–Trinajstić information content (AvgIpc) is 2.94. The number of carbonyl (C=O) groups excluding carboxylic acids is 1. The summed E-state index contributed by atoms with van der Waals surface area (Å²) >= 11 is 1.42. The third-order valence-corrected chi connectivity index (χ3v) is 4.27. The van der Waals surface area contributed by atoms with E-state index in [0.717, 1.165) is 10.1 Å². The number of hydrogen-bond acceptors (Lipinski definition) is 4. The average molecular weight is 315 g/mol. The molecular weight excluding hydrogens is 302 g/mol. The van der Waals surface area contributed by atoms with Gasteiger partial charge in [-0.05, 0) is 17.5 Å². The number of nitrogens with one attached hydrogen (secondary N) is 2. The first-order chi connectivity index (χ1) is 10.6. The Morgan fingerprint density at radius 2 is 2.00 bits per heavy atom. The number of H-pyrrole nitrogens is 1. The van der Waals surface area contributed by atoms with Crippen molar-refractivity contribution in [2.24, 2.45) is 0 Å². The molecule has 0 saturated heterocycles. The van der Waals surface area contributed by atoms with Crippen LogP contribution < -0.4 is 16.4 Å². The normalized spacial score (nSPS) is 10.7. The number of thiophene rings is 1. The van der Waals surface area contributed by atoms with Gasteiger partial charge in [-0.3, -0.25) is 19.5 Å². The van der Waals surface area contributed by atoms with Gasteiger partial charge in [0.1, 0.15) is 0 Å². The summed E-state index contributed by atoms with van der Waals surface area (Å²) in [6.07, 6.45) is 0. The minimum atomic E-state index is -0.351. The van der Waals surface area contributed by atoms with E-state index in [4.69, 9.17) is 0 Å². The van der Waals surface area contributed by atoms with Gasteiger partial charge in [-0.15, -0.1) is 11.3 Å². The molecule has 2 aromatic heterocycles. The third-order valence-electron chi connectivity index (χ3n) is 3.16. The van der Waals surface area contributed by atoms with Crippen molar-refractivity contribution < 1.29 is 4.79 Å². The van der Waals surface area contributed by atoms with Gasteiger partial charge in [0.15, 0.2) is 0 Å². The zero-order chi connectivity index (χ0) is 15.5. The van der Waals surface area contributed by atoms with Gasteiger partial charge in [-0.2, -0.15) is 0 Å². The number of benzene rings is 1. The number of rotatable bonds is 4. The molecule has 1 aromatic carbocycles. The van der Waals surface area contributed by atoms with E-state index in [1.54, 1.807) is 0 Å². The highest BCUT2D eigenvalue weighted by Crippen LogP contribution is 2.24. The summed E-state index contributed by atoms with van der Waals surface area (Å²) in [5, 5.41) is 6.18. The number of fused-ring (bicyclic) bond motifs is 1. The van der Waals surface area contributed by atoms with Crippen molar-refractivity contribution in [2.75, 3.05) is 6.54 Å². The number of hydrogen-bond donors (Lipinski definition) is 2. The summed E-state index contributed by atoms with van der Waals surface area (Å²) in [4.78, 5) is 35.4. The van der Waals surface area contributed by atoms with Crippen LogP contribution in [0.25, 0.3) is 10.1 Å². The highest BCUT2D eigenvalue weighted by molar-refractivity contribution is 7.20. The van der Waals surface area contributed by atoms with Gasteiger partial charge >= 0.3 is 0 Å². The van der Waals surface area contributed by atoms with Crippen LogP contribution >= 0.6 is 11.3 Å². The number of carbonyl (C=O) groups is 1. The summed E-state index contributed by atoms with van der Waals surface area (Å²) in [5.41, 5.74) is -0.661. The van der Waals surface area contributed by atoms with Crippen molar-refractivity contribution in [3.05, 3.63) is 68.0 Å². The maximum absolute atomic E-state index is 12.1. The molecule has 0 aliphatic carbocycles. The second-order valence-electron chi connectivity index (χ2n) is 4.70. The summed E-state index contributed by atoms with van der Waals surface area (Å²) in [7, 11) is 0. The minimum Gasteiger partial charge on any atom is -0.349 e. The molecule has 0 unspecified atom stereocenters. The number of aromatic amines is 1. The van der Waals surface area contributed by atoms with E-state index in [9.17, 15) is 14.4 Å². The Morgan fingerprint density at radius 1 is 1.18 bits per heavy atom. The molecule has 0 saturated carbocycles. The van der Waals surface area contributed by atoms with Crippen molar-refractivity contribution in [1.82, 2.24) is 15.1 Å². The lowest BCUT2D eigenvalue weighted by Gasteiger charge is -2.05. The third kappa shape index (κ3) is 2.99. The van der Waals surface area contributed by atoms with Crippen molar-refractivity contribution in [1.29, 1.82) is 0 Å². The summed E-state index contributed by atoms with van der Waals surface area (Å²) in [6, 6.07) is 12.0. The van der Waals surface area contributed by atoms with Crippen LogP contribution in [-0.2, 0) is 6.54 Å². The fraction of sp³-hybridized carbons (Fsp3) is 0.133. The Labute approximate surface area is 129 Å². The molecule has 3 aromatic rings. The molecule has 2 N–H and O–H groups in total. The standard InChI is InChI=1S/C15H13N3O3S/c19-13-5-6-14(20)18(17-13)8-7-16-15(21)12-9-10-3-1-2-4-11(10)22-12/h1-6,9H,7-8H2,(H,16,21)(H,17,19). The van der Waals surface area contributed by atoms with Crippen LogP contribution in [0.5, 0.6) is 0 Å². The van der Waals surface area contributed by atoms with Gasteiger partial charge in [-0.1, -0.05) is 18.2 Å². The van der Waals surface area contributed by atoms with E-state index in [0.29, 0.717) is 4.88 Å². The van der Waals surface area contributed by atoms with Crippen molar-refractivity contribution >= 4 is 27.3 Å². The second kappa shape index (κ2) is 5.98. The fourth-order valence-corrected chi connectivity index (χ4v) is 3.07. The molecule has 3 rings (SSSR count). The molecule has 22 heavy (non-hydrogen) atoms. The maximum Gasteiger partial charge on any atom is 0.265 e. The molecular formula is C15H13N3O3S. The summed E-state index contributed by atoms with van der Waals surface area (Å²) in [6.45, 7) is 0.471. The van der Waals surface area contributed by atoms with Gasteiger partial charge in [-0.25, -0.2) is 4.68 Å². The molecule has 7 heteroatoms. The maximum atomic E-state index is 12.1. The van der Waals surface area contributed by atoms with Gasteiger partial charge in [0.05, 0.1) is 11.4 Å². The predicted octanol–water partition coefficient (Wildman–Crippen LogP) is 1.18. The molecule has 0 atom stereocenters. The second-order valence-corrected chi connectivity index (χ2v) is 5.79. The molecule has 0 spiro atoms. The molecule has 2 heterocycles. The molecule has 0 bridgehead atoms. The lowest BCUT2D eigenvalue weighted by atomic mass is 10.2. The van der Waals surface area contributed by atoms with Crippen LogP contribution in [0, 0.1) is 0 Å². The van der Waals surface area contributed by atoms with E-state index in [-0.39, 0.29) is 30.1 Å². The quantitative estimate of drug-likeness (QED) is 0.758. The first kappa shape index (κ1) is 14.3. The highest BCUT2D eigenvalue weighted by atomic mass is 32.1. The van der Waals surface area contributed by atoms with Gasteiger partial charge < -0.3 is 5.32 Å². The number of aromatic nitrogens is 2. The molecule has 0 fully saturated rings. The van der Waals surface area contributed by atoms with Crippen LogP contribution in [0.3, 0.4) is 0 Å². The van der Waals surface area contributed by atoms with Crippen LogP contribution in [0.2, 0.25) is 0 Å². The number of nitrogens with zero attached hydrogens (tertiary/aromatic N) is 1. The molecule has 6 nitrogen and oxygen atoms in total. The topological polar surface area (TPSA) is 84.0 Å². The Hall–Kier alpha value is -2.67. The van der Waals surface area contributed by atoms with Crippen molar-refractivity contribution in [2.45, 2.75) is 6.54 Å². The van der Waals surface area contributed by atoms with E-state index in [2.05, 4.69) is 10.4 Å². The van der Waals surface area contributed by atoms with Gasteiger partial charge in [0.25, 0.3) is 17.0 Å². The Kier molecular flexibility index (Phi) is 3.88. The molecule has 112 valence electrons. The van der Waals surface area contributed by atoms with E-state index >= 15 is 0 Å². The monoisotopic (exact) mass is 315 g/mol. The number of amides is 1. The Bertz CT molecular complexity index is 906. The Balaban J connectivity index is 1.66. The van der Waals surface area contributed by atoms with Gasteiger partial charge in [0.2, 0.25) is 0 Å². The lowest BCUT2D eigenvalue weighted by Crippen LogP contribution is -2.34. The first-order valence-electron chi connectivity index (χ1n) is 6.70. The van der Waals surface area contributed by atoms with Crippen molar-refractivity contribution in [3.8, 4) is 0 Å². The van der Waals surface area contributed by atoms with Crippen LogP contribution in [0.15, 0.2) is 52.1 Å². The van der Waals surface area contributed by atoms with E-state index in [1.165, 1.54) is 28.2 Å². The summed E-state index contributed by atoms with van der Waals surface area (Å²) in [5.74, 6) is -0.187. The minimum absolute atomic E-state index is 0.187. The largest absolute Gasteiger partial charge is 0.349 e. The van der Waals surface area contributed by atoms with E-state index < -0.39 is 0 Å². The van der Waals surface area contributed by atoms with Gasteiger partial charge in [0, 0.05) is 23.4 Å². The smallest absolute Gasteiger partial charge is 0.265 e. The highest BCUT2D eigenvalue weighted by Gasteiger charge is 2.09. The first-order valence-corrected chi connectivity index (χ1v) is 7.52. The van der Waals surface area contributed by atoms with Crippen molar-refractivity contribution in [3.63, 3.8) is 0 Å². The molecule has 1 amide bonds. The molecule has 0 aliphatic heterocycles. The fourth-order valence-electron chi connectivity index (χ4n) is 2.09. The van der Waals surface area contributed by atoms with E-state index in [1.807, 2.05) is 30.3 Å². The molecule has 0 aliphatic rings. The SMILES string of the molecule is O=C(NCCn1[nH]c(=O)ccc1=O)c1cc2ccccc2s1. The van der Waals surface area contributed by atoms with Crippen LogP contribution in [-0.4, -0.2) is 22.2 Å². The summed E-state index contributed by atoms with van der Waals surface area (Å²) < 4.78 is 2.23. The predicted molar refractivity (Wildman–Crippen MR) is 85.5 cm³/mol. The zero-order valence-electron chi connectivity index (χ0n) is 11.5. The molecule has 0 radical (unpaired) electrons. The Morgan fingerprint density at radius 3 is 2.82 bits per heavy atom.